The molecule has 0 heterocycles. The predicted molar refractivity (Wildman–Crippen MR) is 46.8 cm³/mol. The van der Waals surface area contributed by atoms with E-state index >= 15 is 0 Å². The minimum Gasteiger partial charge on any atom is -0.361 e. The Balaban J connectivity index is 2.86. The number of ether oxygens (including phenoxy) is 1. The normalized spacial score (nSPS) is 13.0. The summed E-state index contributed by atoms with van der Waals surface area (Å²) in [5, 5.41) is 0. The second-order valence-corrected chi connectivity index (χ2v) is 2.86. The monoisotopic (exact) mass is 170 g/mol. The molecule has 2 heteroatoms. The number of rotatable bonds is 2. The van der Waals surface area contributed by atoms with Crippen LogP contribution in [0.1, 0.15) is 16.7 Å². The van der Waals surface area contributed by atoms with Crippen LogP contribution in [-0.4, -0.2) is 7.11 Å². The van der Waals surface area contributed by atoms with Crippen LogP contribution in [-0.2, 0) is 4.74 Å². The van der Waals surface area contributed by atoms with Crippen molar-refractivity contribution in [2.45, 2.75) is 12.5 Å². The van der Waals surface area contributed by atoms with Crippen molar-refractivity contribution >= 4 is 11.6 Å². The Bertz CT molecular complexity index is 235. The van der Waals surface area contributed by atoms with E-state index in [9.17, 15) is 0 Å². The zero-order valence-electron chi connectivity index (χ0n) is 6.67. The van der Waals surface area contributed by atoms with Gasteiger partial charge in [-0.25, -0.2) is 0 Å². The molecular formula is C9H11ClO. The van der Waals surface area contributed by atoms with E-state index in [4.69, 9.17) is 16.3 Å². The van der Waals surface area contributed by atoms with Crippen LogP contribution in [0.3, 0.4) is 0 Å². The summed E-state index contributed by atoms with van der Waals surface area (Å²) in [7, 11) is 1.60. The first-order chi connectivity index (χ1) is 5.24. The van der Waals surface area contributed by atoms with Crippen molar-refractivity contribution in [2.75, 3.05) is 7.11 Å². The summed E-state index contributed by atoms with van der Waals surface area (Å²) in [5.41, 5.74) is 1.88. The molecule has 1 unspecified atom stereocenters. The highest BCUT2D eigenvalue weighted by Crippen LogP contribution is 2.20. The molecule has 1 aromatic rings. The highest BCUT2D eigenvalue weighted by Gasteiger charge is 2.03. The van der Waals surface area contributed by atoms with Gasteiger partial charge in [0.2, 0.25) is 0 Å². The van der Waals surface area contributed by atoms with Crippen molar-refractivity contribution in [1.29, 1.82) is 0 Å². The maximum atomic E-state index is 5.84. The van der Waals surface area contributed by atoms with Gasteiger partial charge < -0.3 is 4.74 Å². The van der Waals surface area contributed by atoms with Crippen molar-refractivity contribution < 1.29 is 4.74 Å². The van der Waals surface area contributed by atoms with Crippen LogP contribution >= 0.6 is 11.6 Å². The highest BCUT2D eigenvalue weighted by atomic mass is 35.5. The third-order valence-corrected chi connectivity index (χ3v) is 1.94. The largest absolute Gasteiger partial charge is 0.361 e. The van der Waals surface area contributed by atoms with Gasteiger partial charge in [-0.2, -0.15) is 0 Å². The number of hydrogen-bond donors (Lipinski definition) is 0. The molecule has 0 N–H and O–H groups in total. The van der Waals surface area contributed by atoms with E-state index in [1.807, 2.05) is 31.2 Å². The van der Waals surface area contributed by atoms with E-state index in [1.165, 1.54) is 5.56 Å². The van der Waals surface area contributed by atoms with Crippen molar-refractivity contribution in [1.82, 2.24) is 0 Å². The Labute approximate surface area is 71.9 Å². The summed E-state index contributed by atoms with van der Waals surface area (Å²) >= 11 is 5.84. The first-order valence-electron chi connectivity index (χ1n) is 3.47. The molecule has 1 nitrogen and oxygen atoms in total. The van der Waals surface area contributed by atoms with E-state index in [1.54, 1.807) is 7.11 Å². The van der Waals surface area contributed by atoms with E-state index in [2.05, 4.69) is 0 Å². The zero-order valence-corrected chi connectivity index (χ0v) is 7.43. The summed E-state index contributed by atoms with van der Waals surface area (Å²) in [6.07, 6.45) is 0. The van der Waals surface area contributed by atoms with Gasteiger partial charge in [-0.3, -0.25) is 0 Å². The van der Waals surface area contributed by atoms with Gasteiger partial charge in [-0.1, -0.05) is 41.4 Å². The average molecular weight is 171 g/mol. The molecule has 0 aliphatic carbocycles. The van der Waals surface area contributed by atoms with Crippen LogP contribution < -0.4 is 0 Å². The average Bonchev–Trinajstić information content (AvgIpc) is 2.03. The maximum Gasteiger partial charge on any atom is 0.156 e. The van der Waals surface area contributed by atoms with Crippen LogP contribution in [0.25, 0.3) is 0 Å². The summed E-state index contributed by atoms with van der Waals surface area (Å²) in [6, 6.07) is 7.97. The Kier molecular flexibility index (Phi) is 2.92. The van der Waals surface area contributed by atoms with Crippen LogP contribution in [0.15, 0.2) is 24.3 Å². The van der Waals surface area contributed by atoms with Gasteiger partial charge in [-0.15, -0.1) is 0 Å². The molecule has 1 atom stereocenters. The zero-order chi connectivity index (χ0) is 8.27. The Hall–Kier alpha value is -0.530. The fourth-order valence-corrected chi connectivity index (χ4v) is 1.08. The quantitative estimate of drug-likeness (QED) is 0.621. The standard InChI is InChI=1S/C9H11ClO/c1-7-4-3-5-8(6-7)9(10)11-2/h3-6,9H,1-2H3. The van der Waals surface area contributed by atoms with Crippen LogP contribution in [0.5, 0.6) is 0 Å². The van der Waals surface area contributed by atoms with Gasteiger partial charge in [0.05, 0.1) is 0 Å². The van der Waals surface area contributed by atoms with Gasteiger partial charge in [-0.05, 0) is 12.5 Å². The van der Waals surface area contributed by atoms with E-state index in [0.29, 0.717) is 0 Å². The lowest BCUT2D eigenvalue weighted by Gasteiger charge is -2.07. The van der Waals surface area contributed by atoms with Crippen LogP contribution in [0.4, 0.5) is 0 Å². The van der Waals surface area contributed by atoms with Crippen molar-refractivity contribution in [2.24, 2.45) is 0 Å². The highest BCUT2D eigenvalue weighted by molar-refractivity contribution is 6.19. The first-order valence-corrected chi connectivity index (χ1v) is 3.91. The summed E-state index contributed by atoms with van der Waals surface area (Å²) in [5.74, 6) is 0. The van der Waals surface area contributed by atoms with E-state index in [-0.39, 0.29) is 5.56 Å². The molecule has 11 heavy (non-hydrogen) atoms. The van der Waals surface area contributed by atoms with E-state index in [0.717, 1.165) is 5.56 Å². The van der Waals surface area contributed by atoms with Crippen molar-refractivity contribution in [3.8, 4) is 0 Å². The van der Waals surface area contributed by atoms with Gasteiger partial charge in [0.1, 0.15) is 0 Å². The Morgan fingerprint density at radius 1 is 1.45 bits per heavy atom. The second kappa shape index (κ2) is 3.74. The molecule has 0 fully saturated rings. The number of alkyl halides is 1. The first kappa shape index (κ1) is 8.57. The topological polar surface area (TPSA) is 9.23 Å². The van der Waals surface area contributed by atoms with Crippen LogP contribution in [0.2, 0.25) is 0 Å². The lowest BCUT2D eigenvalue weighted by Crippen LogP contribution is -1.92. The summed E-state index contributed by atoms with van der Waals surface area (Å²) < 4.78 is 4.96. The van der Waals surface area contributed by atoms with Crippen molar-refractivity contribution in [3.05, 3.63) is 35.4 Å². The molecule has 0 aliphatic rings. The number of halogens is 1. The van der Waals surface area contributed by atoms with Gasteiger partial charge in [0.15, 0.2) is 5.56 Å². The molecule has 1 rings (SSSR count). The minimum atomic E-state index is -0.324. The SMILES string of the molecule is COC(Cl)c1cccc(C)c1. The molecule has 0 bridgehead atoms. The Morgan fingerprint density at radius 2 is 2.18 bits per heavy atom. The number of methoxy groups -OCH3 is 1. The molecule has 60 valence electrons. The minimum absolute atomic E-state index is 0.324. The molecule has 0 spiro atoms. The van der Waals surface area contributed by atoms with Gasteiger partial charge in [0, 0.05) is 7.11 Å². The fourth-order valence-electron chi connectivity index (χ4n) is 0.947. The van der Waals surface area contributed by atoms with Crippen LogP contribution in [0, 0.1) is 6.92 Å². The third-order valence-electron chi connectivity index (χ3n) is 1.51. The molecule has 0 aromatic heterocycles. The lowest BCUT2D eigenvalue weighted by molar-refractivity contribution is 0.170. The number of benzene rings is 1. The number of aryl methyl sites for hydroxylation is 1. The Morgan fingerprint density at radius 3 is 2.73 bits per heavy atom. The predicted octanol–water partition coefficient (Wildman–Crippen LogP) is 2.88. The second-order valence-electron chi connectivity index (χ2n) is 2.47. The maximum absolute atomic E-state index is 5.84. The fraction of sp³-hybridized carbons (Fsp3) is 0.333. The molecule has 0 aliphatic heterocycles. The third kappa shape index (κ3) is 2.21. The molecule has 0 saturated carbocycles. The number of hydrogen-bond acceptors (Lipinski definition) is 1. The molecule has 0 radical (unpaired) electrons. The van der Waals surface area contributed by atoms with Gasteiger partial charge >= 0.3 is 0 Å². The van der Waals surface area contributed by atoms with Gasteiger partial charge in [0.25, 0.3) is 0 Å². The molecular weight excluding hydrogens is 160 g/mol. The molecule has 0 saturated heterocycles. The molecule has 1 aromatic carbocycles. The summed E-state index contributed by atoms with van der Waals surface area (Å²) in [6.45, 7) is 2.03. The van der Waals surface area contributed by atoms with Crippen molar-refractivity contribution in [3.63, 3.8) is 0 Å². The smallest absolute Gasteiger partial charge is 0.156 e. The summed E-state index contributed by atoms with van der Waals surface area (Å²) in [4.78, 5) is 0. The molecule has 0 amide bonds. The van der Waals surface area contributed by atoms with E-state index < -0.39 is 0 Å². The lowest BCUT2D eigenvalue weighted by atomic mass is 10.1.